The summed E-state index contributed by atoms with van der Waals surface area (Å²) in [5.74, 6) is -2.69. The Labute approximate surface area is 151 Å². The molecule has 26 heavy (non-hydrogen) atoms. The van der Waals surface area contributed by atoms with E-state index in [9.17, 15) is 14.0 Å². The van der Waals surface area contributed by atoms with Crippen LogP contribution in [0.15, 0.2) is 36.1 Å². The number of aliphatic carboxylic acids is 1. The Bertz CT molecular complexity index is 685. The Kier molecular flexibility index (Phi) is 8.20. The number of halogens is 1. The van der Waals surface area contributed by atoms with Gasteiger partial charge in [0.15, 0.2) is 0 Å². The number of rotatable bonds is 9. The molecule has 0 aliphatic heterocycles. The predicted octanol–water partition coefficient (Wildman–Crippen LogP) is 2.15. The monoisotopic (exact) mass is 366 g/mol. The first kappa shape index (κ1) is 21.1. The normalized spacial score (nSPS) is 13.2. The lowest BCUT2D eigenvalue weighted by molar-refractivity contribution is -0.143. The van der Waals surface area contributed by atoms with Gasteiger partial charge in [0, 0.05) is 12.7 Å². The first-order valence-corrected chi connectivity index (χ1v) is 7.91. The summed E-state index contributed by atoms with van der Waals surface area (Å²) in [7, 11) is 1.51. The highest BCUT2D eigenvalue weighted by Crippen LogP contribution is 2.16. The van der Waals surface area contributed by atoms with Gasteiger partial charge in [-0.05, 0) is 32.4 Å². The minimum atomic E-state index is -1.10. The van der Waals surface area contributed by atoms with E-state index in [1.807, 2.05) is 0 Å². The average molecular weight is 366 g/mol. The van der Waals surface area contributed by atoms with E-state index in [1.54, 1.807) is 6.92 Å². The van der Waals surface area contributed by atoms with Gasteiger partial charge in [-0.25, -0.2) is 14.4 Å². The maximum absolute atomic E-state index is 12.8. The molecular weight excluding hydrogens is 343 g/mol. The minimum absolute atomic E-state index is 0.0632. The van der Waals surface area contributed by atoms with Gasteiger partial charge in [0.1, 0.15) is 0 Å². The number of carbonyl (C=O) groups excluding carboxylic acids is 1. The summed E-state index contributed by atoms with van der Waals surface area (Å²) in [6.45, 7) is 2.98. The van der Waals surface area contributed by atoms with Crippen LogP contribution in [-0.2, 0) is 9.59 Å². The van der Waals surface area contributed by atoms with Gasteiger partial charge < -0.3 is 20.5 Å². The number of carboxylic acid groups (broad SMARTS) is 1. The second-order valence-electron chi connectivity index (χ2n) is 5.69. The van der Waals surface area contributed by atoms with E-state index in [0.717, 1.165) is 0 Å². The molecular formula is C17H23FN4O4. The highest BCUT2D eigenvalue weighted by atomic mass is 19.1. The summed E-state index contributed by atoms with van der Waals surface area (Å²) in [5, 5.41) is 9.05. The second kappa shape index (κ2) is 10.1. The molecule has 1 aromatic rings. The molecule has 0 aliphatic rings. The number of hydrogen-bond acceptors (Lipinski definition) is 6. The summed E-state index contributed by atoms with van der Waals surface area (Å²) in [4.78, 5) is 32.7. The Hall–Kier alpha value is -2.97. The maximum atomic E-state index is 12.8. The van der Waals surface area contributed by atoms with Crippen LogP contribution in [-0.4, -0.2) is 45.5 Å². The zero-order chi connectivity index (χ0) is 19.7. The van der Waals surface area contributed by atoms with Crippen molar-refractivity contribution in [2.45, 2.75) is 26.7 Å². The maximum Gasteiger partial charge on any atom is 0.316 e. The van der Waals surface area contributed by atoms with Crippen molar-refractivity contribution in [3.05, 3.63) is 36.1 Å². The summed E-state index contributed by atoms with van der Waals surface area (Å²) < 4.78 is 18.1. The van der Waals surface area contributed by atoms with Crippen molar-refractivity contribution in [1.82, 2.24) is 14.9 Å². The smallest absolute Gasteiger partial charge is 0.316 e. The molecule has 1 rings (SSSR count). The van der Waals surface area contributed by atoms with E-state index in [0.29, 0.717) is 11.4 Å². The molecule has 1 unspecified atom stereocenters. The van der Waals surface area contributed by atoms with Gasteiger partial charge in [0.25, 0.3) is 0 Å². The van der Waals surface area contributed by atoms with Crippen molar-refractivity contribution in [2.75, 3.05) is 19.4 Å². The third-order valence-corrected chi connectivity index (χ3v) is 3.53. The van der Waals surface area contributed by atoms with E-state index in [1.165, 1.54) is 43.4 Å². The van der Waals surface area contributed by atoms with E-state index in [4.69, 9.17) is 15.6 Å². The SMILES string of the molecule is CC(F)=CC=C(C)N(C)C(=O)C(CCOc1ncc(N)cn1)CC(=O)O. The Morgan fingerprint density at radius 1 is 1.35 bits per heavy atom. The van der Waals surface area contributed by atoms with Gasteiger partial charge in [0.05, 0.1) is 42.9 Å². The lowest BCUT2D eigenvalue weighted by Crippen LogP contribution is -2.33. The van der Waals surface area contributed by atoms with Crippen molar-refractivity contribution in [3.8, 4) is 6.01 Å². The van der Waals surface area contributed by atoms with E-state index in [2.05, 4.69) is 9.97 Å². The van der Waals surface area contributed by atoms with Crippen LogP contribution < -0.4 is 10.5 Å². The molecule has 0 aromatic carbocycles. The third-order valence-electron chi connectivity index (χ3n) is 3.53. The van der Waals surface area contributed by atoms with Gasteiger partial charge >= 0.3 is 12.0 Å². The zero-order valence-corrected chi connectivity index (χ0v) is 15.0. The van der Waals surface area contributed by atoms with Crippen LogP contribution in [0.25, 0.3) is 0 Å². The van der Waals surface area contributed by atoms with Crippen molar-refractivity contribution in [2.24, 2.45) is 5.92 Å². The average Bonchev–Trinajstić information content (AvgIpc) is 2.58. The van der Waals surface area contributed by atoms with E-state index < -0.39 is 23.6 Å². The second-order valence-corrected chi connectivity index (χ2v) is 5.69. The standard InChI is InChI=1S/C17H23FN4O4/c1-11(18)4-5-12(2)22(3)16(25)13(8-15(23)24)6-7-26-17-20-9-14(19)10-21-17/h4-5,9-10,13H,6-8,19H2,1-3H3,(H,23,24). The van der Waals surface area contributed by atoms with Crippen LogP contribution >= 0.6 is 0 Å². The molecule has 0 spiro atoms. The fourth-order valence-electron chi connectivity index (χ4n) is 2.01. The van der Waals surface area contributed by atoms with Gasteiger partial charge in [-0.2, -0.15) is 0 Å². The van der Waals surface area contributed by atoms with Crippen molar-refractivity contribution in [3.63, 3.8) is 0 Å². The Morgan fingerprint density at radius 2 is 1.96 bits per heavy atom. The molecule has 1 heterocycles. The zero-order valence-electron chi connectivity index (χ0n) is 15.0. The number of carbonyl (C=O) groups is 2. The molecule has 0 fully saturated rings. The van der Waals surface area contributed by atoms with Gasteiger partial charge in [-0.3, -0.25) is 9.59 Å². The lowest BCUT2D eigenvalue weighted by atomic mass is 10.00. The highest BCUT2D eigenvalue weighted by Gasteiger charge is 2.25. The molecule has 9 heteroatoms. The quantitative estimate of drug-likeness (QED) is 0.643. The number of hydrogen-bond donors (Lipinski definition) is 2. The van der Waals surface area contributed by atoms with Crippen LogP contribution in [0.4, 0.5) is 10.1 Å². The topological polar surface area (TPSA) is 119 Å². The number of allylic oxidation sites excluding steroid dienone is 4. The van der Waals surface area contributed by atoms with Crippen molar-refractivity contribution < 1.29 is 23.8 Å². The number of nitrogens with two attached hydrogens (primary N) is 1. The number of aromatic nitrogens is 2. The lowest BCUT2D eigenvalue weighted by Gasteiger charge is -2.23. The van der Waals surface area contributed by atoms with Gasteiger partial charge in [0.2, 0.25) is 5.91 Å². The summed E-state index contributed by atoms with van der Waals surface area (Å²) in [5.41, 5.74) is 6.35. The molecule has 0 aliphatic carbocycles. The van der Waals surface area contributed by atoms with Crippen molar-refractivity contribution in [1.29, 1.82) is 0 Å². The van der Waals surface area contributed by atoms with Crippen molar-refractivity contribution >= 4 is 17.6 Å². The number of nitrogen functional groups attached to an aromatic ring is 1. The van der Waals surface area contributed by atoms with Crippen LogP contribution in [0.3, 0.4) is 0 Å². The number of ether oxygens (including phenoxy) is 1. The third kappa shape index (κ3) is 7.29. The molecule has 1 aromatic heterocycles. The number of anilines is 1. The molecule has 3 N–H and O–H groups in total. The highest BCUT2D eigenvalue weighted by molar-refractivity contribution is 5.84. The molecule has 8 nitrogen and oxygen atoms in total. The molecule has 0 saturated carbocycles. The molecule has 1 atom stereocenters. The molecule has 142 valence electrons. The predicted molar refractivity (Wildman–Crippen MR) is 93.7 cm³/mol. The largest absolute Gasteiger partial charge is 0.481 e. The summed E-state index contributed by atoms with van der Waals surface area (Å²) in [6.07, 6.45) is 5.25. The van der Waals surface area contributed by atoms with Gasteiger partial charge in [-0.15, -0.1) is 0 Å². The first-order chi connectivity index (χ1) is 12.2. The molecule has 0 bridgehead atoms. The summed E-state index contributed by atoms with van der Waals surface area (Å²) >= 11 is 0. The molecule has 0 saturated heterocycles. The van der Waals surface area contributed by atoms with Crippen LogP contribution in [0.1, 0.15) is 26.7 Å². The van der Waals surface area contributed by atoms with E-state index in [-0.39, 0.29) is 25.5 Å². The van der Waals surface area contributed by atoms with Crippen LogP contribution in [0, 0.1) is 5.92 Å². The Morgan fingerprint density at radius 3 is 2.50 bits per heavy atom. The first-order valence-electron chi connectivity index (χ1n) is 7.91. The van der Waals surface area contributed by atoms with Crippen LogP contribution in [0.5, 0.6) is 6.01 Å². The Balaban J connectivity index is 2.73. The molecule has 1 amide bonds. The summed E-state index contributed by atoms with van der Waals surface area (Å²) in [6, 6.07) is 0.0914. The van der Waals surface area contributed by atoms with Gasteiger partial charge in [-0.1, -0.05) is 0 Å². The fraction of sp³-hybridized carbons (Fsp3) is 0.412. The number of carboxylic acids is 1. The van der Waals surface area contributed by atoms with Crippen LogP contribution in [0.2, 0.25) is 0 Å². The molecule has 0 radical (unpaired) electrons. The number of amides is 1. The van der Waals surface area contributed by atoms with E-state index >= 15 is 0 Å². The minimum Gasteiger partial charge on any atom is -0.481 e. The fourth-order valence-corrected chi connectivity index (χ4v) is 2.01. The number of nitrogens with zero attached hydrogens (tertiary/aromatic N) is 3.